The molecule has 0 atom stereocenters. The molecule has 0 aromatic heterocycles. The Morgan fingerprint density at radius 1 is 1.35 bits per heavy atom. The van der Waals surface area contributed by atoms with Crippen molar-refractivity contribution in [2.45, 2.75) is 51.5 Å². The molecule has 0 aromatic carbocycles. The number of ether oxygens (including phenoxy) is 1. The molecule has 100 valence electrons. The standard InChI is InChI=1S/C13H26N2O2/c1-3-15(9-10-17-4-2)12(16)11-13(14)7-5-6-8-13/h3-11,14H2,1-2H3. The van der Waals surface area contributed by atoms with Gasteiger partial charge in [0.1, 0.15) is 0 Å². The van der Waals surface area contributed by atoms with Crippen molar-refractivity contribution in [2.75, 3.05) is 26.3 Å². The van der Waals surface area contributed by atoms with Gasteiger partial charge in [-0.2, -0.15) is 0 Å². The predicted octanol–water partition coefficient (Wildman–Crippen LogP) is 1.53. The zero-order chi connectivity index (χ0) is 12.7. The molecule has 2 N–H and O–H groups in total. The van der Waals surface area contributed by atoms with Crippen LogP contribution in [-0.4, -0.2) is 42.6 Å². The van der Waals surface area contributed by atoms with Gasteiger partial charge in [-0.3, -0.25) is 4.79 Å². The summed E-state index contributed by atoms with van der Waals surface area (Å²) in [5, 5.41) is 0. The number of hydrogen-bond acceptors (Lipinski definition) is 3. The number of amides is 1. The lowest BCUT2D eigenvalue weighted by molar-refractivity contribution is -0.133. The number of nitrogens with zero attached hydrogens (tertiary/aromatic N) is 1. The fourth-order valence-corrected chi connectivity index (χ4v) is 2.45. The Balaban J connectivity index is 2.37. The van der Waals surface area contributed by atoms with Crippen LogP contribution in [0, 0.1) is 0 Å². The van der Waals surface area contributed by atoms with E-state index in [2.05, 4.69) is 0 Å². The van der Waals surface area contributed by atoms with Crippen molar-refractivity contribution < 1.29 is 9.53 Å². The van der Waals surface area contributed by atoms with Gasteiger partial charge in [-0.1, -0.05) is 12.8 Å². The Kier molecular flexibility index (Phi) is 5.92. The molecular weight excluding hydrogens is 216 g/mol. The highest BCUT2D eigenvalue weighted by molar-refractivity contribution is 5.77. The first kappa shape index (κ1) is 14.5. The Morgan fingerprint density at radius 3 is 2.53 bits per heavy atom. The molecule has 0 aromatic rings. The molecule has 17 heavy (non-hydrogen) atoms. The molecular formula is C13H26N2O2. The maximum Gasteiger partial charge on any atom is 0.224 e. The fourth-order valence-electron chi connectivity index (χ4n) is 2.45. The van der Waals surface area contributed by atoms with Crippen molar-refractivity contribution in [1.29, 1.82) is 0 Å². The second-order valence-electron chi connectivity index (χ2n) is 4.92. The lowest BCUT2D eigenvalue weighted by atomic mass is 9.94. The number of rotatable bonds is 7. The summed E-state index contributed by atoms with van der Waals surface area (Å²) in [5.74, 6) is 0.177. The van der Waals surface area contributed by atoms with E-state index in [4.69, 9.17) is 10.5 Å². The third-order valence-corrected chi connectivity index (χ3v) is 3.55. The van der Waals surface area contributed by atoms with E-state index < -0.39 is 0 Å². The first-order chi connectivity index (χ1) is 8.11. The van der Waals surface area contributed by atoms with Gasteiger partial charge >= 0.3 is 0 Å². The minimum atomic E-state index is -0.240. The normalized spacial score (nSPS) is 18.3. The minimum Gasteiger partial charge on any atom is -0.380 e. The highest BCUT2D eigenvalue weighted by Gasteiger charge is 2.32. The van der Waals surface area contributed by atoms with Gasteiger partial charge < -0.3 is 15.4 Å². The molecule has 1 rings (SSSR count). The summed E-state index contributed by atoms with van der Waals surface area (Å²) in [5.41, 5.74) is 5.99. The Hall–Kier alpha value is -0.610. The molecule has 1 saturated carbocycles. The molecule has 0 aliphatic heterocycles. The summed E-state index contributed by atoms with van der Waals surface area (Å²) in [6.07, 6.45) is 4.79. The summed E-state index contributed by atoms with van der Waals surface area (Å²) in [7, 11) is 0. The smallest absolute Gasteiger partial charge is 0.224 e. The van der Waals surface area contributed by atoms with Crippen molar-refractivity contribution in [3.05, 3.63) is 0 Å². The maximum atomic E-state index is 12.1. The fraction of sp³-hybridized carbons (Fsp3) is 0.923. The molecule has 0 spiro atoms. The van der Waals surface area contributed by atoms with Crippen LogP contribution in [0.3, 0.4) is 0 Å². The second-order valence-corrected chi connectivity index (χ2v) is 4.92. The molecule has 4 nitrogen and oxygen atoms in total. The van der Waals surface area contributed by atoms with E-state index in [0.717, 1.165) is 32.2 Å². The summed E-state index contributed by atoms with van der Waals surface area (Å²) >= 11 is 0. The Bertz CT molecular complexity index is 238. The summed E-state index contributed by atoms with van der Waals surface area (Å²) in [6, 6.07) is 0. The van der Waals surface area contributed by atoms with E-state index in [1.165, 1.54) is 0 Å². The predicted molar refractivity (Wildman–Crippen MR) is 68.8 cm³/mol. The third-order valence-electron chi connectivity index (χ3n) is 3.55. The average molecular weight is 242 g/mol. The zero-order valence-electron chi connectivity index (χ0n) is 11.2. The van der Waals surface area contributed by atoms with Gasteiger partial charge in [-0.25, -0.2) is 0 Å². The molecule has 0 radical (unpaired) electrons. The molecule has 1 aliphatic rings. The van der Waals surface area contributed by atoms with Crippen LogP contribution in [0.15, 0.2) is 0 Å². The van der Waals surface area contributed by atoms with E-state index in [0.29, 0.717) is 26.2 Å². The number of nitrogens with two attached hydrogens (primary N) is 1. The van der Waals surface area contributed by atoms with Crippen LogP contribution < -0.4 is 5.73 Å². The molecule has 0 bridgehead atoms. The number of carbonyl (C=O) groups is 1. The maximum absolute atomic E-state index is 12.1. The van der Waals surface area contributed by atoms with Crippen LogP contribution in [0.4, 0.5) is 0 Å². The van der Waals surface area contributed by atoms with Crippen LogP contribution in [0.2, 0.25) is 0 Å². The van der Waals surface area contributed by atoms with E-state index in [1.807, 2.05) is 18.7 Å². The number of likely N-dealkylation sites (N-methyl/N-ethyl adjacent to an activating group) is 1. The molecule has 1 aliphatic carbocycles. The Morgan fingerprint density at radius 2 is 2.00 bits per heavy atom. The van der Waals surface area contributed by atoms with E-state index in [9.17, 15) is 4.79 Å². The lowest BCUT2D eigenvalue weighted by Gasteiger charge is -2.27. The van der Waals surface area contributed by atoms with E-state index in [-0.39, 0.29) is 11.4 Å². The molecule has 0 unspecified atom stereocenters. The molecule has 1 fully saturated rings. The van der Waals surface area contributed by atoms with Crippen LogP contribution in [0.5, 0.6) is 0 Å². The van der Waals surface area contributed by atoms with Crippen molar-refractivity contribution in [3.63, 3.8) is 0 Å². The van der Waals surface area contributed by atoms with Gasteiger partial charge in [-0.15, -0.1) is 0 Å². The summed E-state index contributed by atoms with van der Waals surface area (Å²) in [6.45, 7) is 6.70. The monoisotopic (exact) mass is 242 g/mol. The Labute approximate surface area is 104 Å². The summed E-state index contributed by atoms with van der Waals surface area (Å²) in [4.78, 5) is 14.0. The first-order valence-corrected chi connectivity index (χ1v) is 6.75. The van der Waals surface area contributed by atoms with Crippen LogP contribution in [0.25, 0.3) is 0 Å². The number of carbonyl (C=O) groups excluding carboxylic acids is 1. The highest BCUT2D eigenvalue weighted by atomic mass is 16.5. The second kappa shape index (κ2) is 6.97. The van der Waals surface area contributed by atoms with Gasteiger partial charge in [0.25, 0.3) is 0 Å². The zero-order valence-corrected chi connectivity index (χ0v) is 11.2. The average Bonchev–Trinajstić information content (AvgIpc) is 2.71. The first-order valence-electron chi connectivity index (χ1n) is 6.75. The quantitative estimate of drug-likeness (QED) is 0.689. The van der Waals surface area contributed by atoms with Crippen molar-refractivity contribution >= 4 is 5.91 Å². The van der Waals surface area contributed by atoms with Gasteiger partial charge in [0.05, 0.1) is 6.61 Å². The van der Waals surface area contributed by atoms with Crippen LogP contribution in [0.1, 0.15) is 46.0 Å². The topological polar surface area (TPSA) is 55.6 Å². The lowest BCUT2D eigenvalue weighted by Crippen LogP contribution is -2.44. The van der Waals surface area contributed by atoms with E-state index in [1.54, 1.807) is 0 Å². The molecule has 4 heteroatoms. The van der Waals surface area contributed by atoms with Crippen LogP contribution >= 0.6 is 0 Å². The van der Waals surface area contributed by atoms with Gasteiger partial charge in [0.2, 0.25) is 5.91 Å². The van der Waals surface area contributed by atoms with Gasteiger partial charge in [-0.05, 0) is 26.7 Å². The van der Waals surface area contributed by atoms with Crippen molar-refractivity contribution in [1.82, 2.24) is 4.90 Å². The van der Waals surface area contributed by atoms with Gasteiger partial charge in [0, 0.05) is 31.7 Å². The highest BCUT2D eigenvalue weighted by Crippen LogP contribution is 2.30. The summed E-state index contributed by atoms with van der Waals surface area (Å²) < 4.78 is 5.29. The SMILES string of the molecule is CCOCCN(CC)C(=O)CC1(N)CCCC1. The van der Waals surface area contributed by atoms with Crippen LogP contribution in [-0.2, 0) is 9.53 Å². The van der Waals surface area contributed by atoms with E-state index >= 15 is 0 Å². The third kappa shape index (κ3) is 4.64. The molecule has 0 saturated heterocycles. The largest absolute Gasteiger partial charge is 0.380 e. The minimum absolute atomic E-state index is 0.177. The molecule has 1 amide bonds. The molecule has 0 heterocycles. The van der Waals surface area contributed by atoms with Gasteiger partial charge in [0.15, 0.2) is 0 Å². The number of hydrogen-bond donors (Lipinski definition) is 1. The van der Waals surface area contributed by atoms with Crippen molar-refractivity contribution in [3.8, 4) is 0 Å². The van der Waals surface area contributed by atoms with Crippen molar-refractivity contribution in [2.24, 2.45) is 5.73 Å².